The van der Waals surface area contributed by atoms with E-state index in [9.17, 15) is 9.59 Å². The van der Waals surface area contributed by atoms with E-state index < -0.39 is 0 Å². The quantitative estimate of drug-likeness (QED) is 0.656. The minimum Gasteiger partial charge on any atom is -0.497 e. The number of anilines is 2. The molecule has 0 aliphatic carbocycles. The Morgan fingerprint density at radius 2 is 2.10 bits per heavy atom. The lowest BCUT2D eigenvalue weighted by molar-refractivity contribution is -0.117. The summed E-state index contributed by atoms with van der Waals surface area (Å²) in [4.78, 5) is 35.4. The number of aromatic nitrogens is 2. The van der Waals surface area contributed by atoms with E-state index in [2.05, 4.69) is 20.6 Å². The van der Waals surface area contributed by atoms with E-state index in [1.54, 1.807) is 24.3 Å². The molecular weight excluding hydrogens is 382 g/mol. The van der Waals surface area contributed by atoms with Crippen LogP contribution in [0, 0.1) is 0 Å². The van der Waals surface area contributed by atoms with Crippen LogP contribution >= 0.6 is 0 Å². The monoisotopic (exact) mass is 403 g/mol. The van der Waals surface area contributed by atoms with Gasteiger partial charge in [0.05, 0.1) is 37.1 Å². The van der Waals surface area contributed by atoms with Gasteiger partial charge < -0.3 is 20.3 Å². The van der Waals surface area contributed by atoms with Crippen LogP contribution in [-0.2, 0) is 17.9 Å². The van der Waals surface area contributed by atoms with E-state index in [1.165, 1.54) is 6.20 Å². The number of amides is 2. The summed E-state index contributed by atoms with van der Waals surface area (Å²) in [5.41, 5.74) is 2.61. The molecule has 30 heavy (non-hydrogen) atoms. The van der Waals surface area contributed by atoms with Crippen molar-refractivity contribution in [3.63, 3.8) is 0 Å². The van der Waals surface area contributed by atoms with Crippen molar-refractivity contribution in [2.75, 3.05) is 23.9 Å². The molecule has 0 unspecified atom stereocenters. The lowest BCUT2D eigenvalue weighted by atomic mass is 10.1. The number of carbonyl (C=O) groups excluding carboxylic acids is 2. The summed E-state index contributed by atoms with van der Waals surface area (Å²) in [6.45, 7) is 0.807. The number of rotatable bonds is 6. The van der Waals surface area contributed by atoms with Crippen molar-refractivity contribution in [2.45, 2.75) is 13.1 Å². The molecule has 0 fully saturated rings. The van der Waals surface area contributed by atoms with Crippen molar-refractivity contribution in [2.24, 2.45) is 0 Å². The molecule has 0 saturated heterocycles. The third kappa shape index (κ3) is 4.22. The molecule has 2 N–H and O–H groups in total. The van der Waals surface area contributed by atoms with Crippen LogP contribution in [0.2, 0.25) is 0 Å². The Balaban J connectivity index is 1.52. The Kier molecular flexibility index (Phi) is 5.56. The summed E-state index contributed by atoms with van der Waals surface area (Å²) >= 11 is 0. The van der Waals surface area contributed by atoms with Crippen molar-refractivity contribution in [3.8, 4) is 5.75 Å². The average molecular weight is 403 g/mol. The summed E-state index contributed by atoms with van der Waals surface area (Å²) in [5.74, 6) is 0.912. The predicted molar refractivity (Wildman–Crippen MR) is 112 cm³/mol. The lowest BCUT2D eigenvalue weighted by Crippen LogP contribution is -2.40. The second kappa shape index (κ2) is 8.60. The molecule has 0 saturated carbocycles. The maximum atomic E-state index is 12.7. The summed E-state index contributed by atoms with van der Waals surface area (Å²) in [6, 6.07) is 14.7. The van der Waals surface area contributed by atoms with Gasteiger partial charge in [-0.15, -0.1) is 0 Å². The molecule has 2 amide bonds. The molecule has 0 radical (unpaired) electrons. The first-order chi connectivity index (χ1) is 14.6. The summed E-state index contributed by atoms with van der Waals surface area (Å²) < 4.78 is 5.21. The zero-order chi connectivity index (χ0) is 20.9. The van der Waals surface area contributed by atoms with Crippen molar-refractivity contribution in [1.82, 2.24) is 15.3 Å². The van der Waals surface area contributed by atoms with Crippen LogP contribution in [0.25, 0.3) is 0 Å². The van der Waals surface area contributed by atoms with E-state index in [4.69, 9.17) is 4.74 Å². The Morgan fingerprint density at radius 1 is 1.20 bits per heavy atom. The minimum atomic E-state index is -0.274. The van der Waals surface area contributed by atoms with Crippen LogP contribution in [0.15, 0.2) is 60.9 Å². The summed E-state index contributed by atoms with van der Waals surface area (Å²) in [6.07, 6.45) is 3.19. The molecule has 3 aromatic rings. The molecule has 1 aromatic carbocycles. The van der Waals surface area contributed by atoms with Gasteiger partial charge in [0, 0.05) is 18.9 Å². The van der Waals surface area contributed by atoms with Gasteiger partial charge in [0.2, 0.25) is 5.91 Å². The van der Waals surface area contributed by atoms with Crippen LogP contribution in [0.5, 0.6) is 5.75 Å². The molecule has 8 heteroatoms. The van der Waals surface area contributed by atoms with E-state index >= 15 is 0 Å². The van der Waals surface area contributed by atoms with Gasteiger partial charge in [-0.2, -0.15) is 0 Å². The van der Waals surface area contributed by atoms with Crippen molar-refractivity contribution < 1.29 is 14.3 Å². The van der Waals surface area contributed by atoms with Crippen molar-refractivity contribution in [3.05, 3.63) is 77.7 Å². The molecule has 0 spiro atoms. The Morgan fingerprint density at radius 3 is 2.90 bits per heavy atom. The zero-order valence-corrected chi connectivity index (χ0v) is 16.5. The van der Waals surface area contributed by atoms with Gasteiger partial charge in [-0.3, -0.25) is 14.6 Å². The smallest absolute Gasteiger partial charge is 0.253 e. The molecule has 0 atom stereocenters. The highest BCUT2D eigenvalue weighted by Gasteiger charge is 2.26. The third-order valence-electron chi connectivity index (χ3n) is 4.76. The number of benzene rings is 1. The van der Waals surface area contributed by atoms with E-state index in [1.807, 2.05) is 42.5 Å². The van der Waals surface area contributed by atoms with Gasteiger partial charge in [-0.05, 0) is 35.9 Å². The van der Waals surface area contributed by atoms with Crippen molar-refractivity contribution >= 4 is 23.3 Å². The Bertz CT molecular complexity index is 1070. The summed E-state index contributed by atoms with van der Waals surface area (Å²) in [7, 11) is 1.60. The number of methoxy groups -OCH3 is 1. The molecule has 2 aromatic heterocycles. The van der Waals surface area contributed by atoms with Crippen LogP contribution in [0.3, 0.4) is 0 Å². The molecule has 152 valence electrons. The van der Waals surface area contributed by atoms with E-state index in [-0.39, 0.29) is 18.4 Å². The fourth-order valence-electron chi connectivity index (χ4n) is 3.20. The van der Waals surface area contributed by atoms with Gasteiger partial charge in [0.25, 0.3) is 5.91 Å². The number of pyridine rings is 2. The molecule has 3 heterocycles. The first-order valence-corrected chi connectivity index (χ1v) is 9.49. The normalized spacial score (nSPS) is 12.7. The standard InChI is InChI=1S/C22H21N5O3/c1-30-18-7-4-5-15(9-18)11-26-22(29)16-10-19-21(24-12-16)25-13-20(28)27(19)14-17-6-2-3-8-23-17/h2-10,12H,11,13-14H2,1H3,(H,24,25)(H,26,29). The first kappa shape index (κ1) is 19.4. The van der Waals surface area contributed by atoms with E-state index in [0.717, 1.165) is 17.0 Å². The highest BCUT2D eigenvalue weighted by molar-refractivity contribution is 6.04. The maximum absolute atomic E-state index is 12.7. The van der Waals surface area contributed by atoms with Crippen molar-refractivity contribution in [1.29, 1.82) is 0 Å². The van der Waals surface area contributed by atoms with Crippen LogP contribution < -0.4 is 20.3 Å². The predicted octanol–water partition coefficient (Wildman–Crippen LogP) is 2.37. The molecular formula is C22H21N5O3. The number of carbonyl (C=O) groups is 2. The largest absolute Gasteiger partial charge is 0.497 e. The number of fused-ring (bicyclic) bond motifs is 1. The fraction of sp³-hybridized carbons (Fsp3) is 0.182. The number of nitrogens with one attached hydrogen (secondary N) is 2. The average Bonchev–Trinajstić information content (AvgIpc) is 2.80. The minimum absolute atomic E-state index is 0.108. The van der Waals surface area contributed by atoms with Gasteiger partial charge in [-0.25, -0.2) is 4.98 Å². The van der Waals surface area contributed by atoms with Gasteiger partial charge in [0.15, 0.2) is 5.82 Å². The maximum Gasteiger partial charge on any atom is 0.253 e. The molecule has 4 rings (SSSR count). The zero-order valence-electron chi connectivity index (χ0n) is 16.5. The second-order valence-electron chi connectivity index (χ2n) is 6.78. The fourth-order valence-corrected chi connectivity index (χ4v) is 3.20. The highest BCUT2D eigenvalue weighted by Crippen LogP contribution is 2.29. The second-order valence-corrected chi connectivity index (χ2v) is 6.78. The van der Waals surface area contributed by atoms with Crippen LogP contribution in [0.1, 0.15) is 21.6 Å². The number of hydrogen-bond donors (Lipinski definition) is 2. The number of ether oxygens (including phenoxy) is 1. The van der Waals surface area contributed by atoms with Crippen LogP contribution in [-0.4, -0.2) is 35.4 Å². The molecule has 1 aliphatic rings. The lowest BCUT2D eigenvalue weighted by Gasteiger charge is -2.29. The Labute approximate surface area is 173 Å². The SMILES string of the molecule is COc1cccc(CNC(=O)c2cnc3c(c2)N(Cc2ccccn2)C(=O)CN3)c1. The topological polar surface area (TPSA) is 96.4 Å². The number of hydrogen-bond acceptors (Lipinski definition) is 6. The van der Waals surface area contributed by atoms with E-state index in [0.29, 0.717) is 30.2 Å². The van der Waals surface area contributed by atoms with Gasteiger partial charge in [0.1, 0.15) is 5.75 Å². The molecule has 8 nitrogen and oxygen atoms in total. The Hall–Kier alpha value is -3.94. The first-order valence-electron chi connectivity index (χ1n) is 9.49. The van der Waals surface area contributed by atoms with Crippen LogP contribution in [0.4, 0.5) is 11.5 Å². The highest BCUT2D eigenvalue weighted by atomic mass is 16.5. The number of nitrogens with zero attached hydrogens (tertiary/aromatic N) is 3. The van der Waals surface area contributed by atoms with Gasteiger partial charge >= 0.3 is 0 Å². The van der Waals surface area contributed by atoms with Gasteiger partial charge in [-0.1, -0.05) is 18.2 Å². The molecule has 1 aliphatic heterocycles. The molecule has 0 bridgehead atoms. The third-order valence-corrected chi connectivity index (χ3v) is 4.76. The summed E-state index contributed by atoms with van der Waals surface area (Å²) in [5, 5.41) is 5.87.